The Balaban J connectivity index is 1.43. The Labute approximate surface area is 244 Å². The van der Waals surface area contributed by atoms with Gasteiger partial charge in [0.05, 0.1) is 7.11 Å². The average Bonchev–Trinajstić information content (AvgIpc) is 3.24. The van der Waals surface area contributed by atoms with Gasteiger partial charge in [0, 0.05) is 32.6 Å². The smallest absolute Gasteiger partial charge is 0.339 e. The van der Waals surface area contributed by atoms with Crippen LogP contribution in [0.15, 0.2) is 18.2 Å². The molecule has 2 saturated carbocycles. The lowest BCUT2D eigenvalue weighted by atomic mass is 9.55. The highest BCUT2D eigenvalue weighted by Gasteiger charge is 2.57. The van der Waals surface area contributed by atoms with E-state index in [-0.39, 0.29) is 5.41 Å². The van der Waals surface area contributed by atoms with E-state index in [1.165, 1.54) is 5.56 Å². The first-order chi connectivity index (χ1) is 19.9. The van der Waals surface area contributed by atoms with E-state index in [9.17, 15) is 24.0 Å². The third kappa shape index (κ3) is 5.50. The topological polar surface area (TPSA) is 141 Å². The number of aryl methyl sites for hydroxylation is 1. The minimum Gasteiger partial charge on any atom is -0.467 e. The zero-order valence-electron chi connectivity index (χ0n) is 24.6. The maximum absolute atomic E-state index is 12.7. The van der Waals surface area contributed by atoms with E-state index < -0.39 is 54.6 Å². The highest BCUT2D eigenvalue weighted by molar-refractivity contribution is 5.87. The fourth-order valence-corrected chi connectivity index (χ4v) is 7.71. The van der Waals surface area contributed by atoms with Gasteiger partial charge in [-0.05, 0) is 73.1 Å². The largest absolute Gasteiger partial charge is 0.467 e. The summed E-state index contributed by atoms with van der Waals surface area (Å²) in [5.41, 5.74) is 2.17. The molecule has 9 atom stereocenters. The van der Waals surface area contributed by atoms with Gasteiger partial charge in [-0.15, -0.1) is 0 Å². The lowest BCUT2D eigenvalue weighted by Crippen LogP contribution is -2.64. The van der Waals surface area contributed by atoms with Crippen molar-refractivity contribution in [3.05, 3.63) is 29.3 Å². The lowest BCUT2D eigenvalue weighted by Gasteiger charge is -2.48. The minimum absolute atomic E-state index is 0.204. The van der Waals surface area contributed by atoms with Crippen LogP contribution in [0.25, 0.3) is 0 Å². The SMILES string of the molecule is COC(=O)[C@H]1O[C@@H](Oc2ccc3c(c2)CC[C@@H]2[C@@H]3CC[C@]3(C)C(=O)CC[C@@H]23)C(OC(C)=O)C(OC(C)=O)[C@@H]1OC(C)=O. The molecule has 1 aliphatic heterocycles. The summed E-state index contributed by atoms with van der Waals surface area (Å²) in [6.45, 7) is 5.57. The molecule has 0 aromatic heterocycles. The van der Waals surface area contributed by atoms with Crippen LogP contribution in [0.4, 0.5) is 0 Å². The zero-order chi connectivity index (χ0) is 30.3. The van der Waals surface area contributed by atoms with Crippen LogP contribution in [0.2, 0.25) is 0 Å². The number of rotatable bonds is 6. The summed E-state index contributed by atoms with van der Waals surface area (Å²) in [5, 5.41) is 0. The summed E-state index contributed by atoms with van der Waals surface area (Å²) in [6, 6.07) is 5.75. The van der Waals surface area contributed by atoms with Gasteiger partial charge in [-0.3, -0.25) is 19.2 Å². The molecular formula is C31H38O11. The average molecular weight is 587 g/mol. The summed E-state index contributed by atoms with van der Waals surface area (Å²) in [7, 11) is 1.14. The Bertz CT molecular complexity index is 1270. The number of fused-ring (bicyclic) bond motifs is 5. The molecule has 0 radical (unpaired) electrons. The van der Waals surface area contributed by atoms with Gasteiger partial charge in [0.25, 0.3) is 0 Å². The summed E-state index contributed by atoms with van der Waals surface area (Å²) in [5.74, 6) is -1.08. The van der Waals surface area contributed by atoms with Crippen molar-refractivity contribution in [3.8, 4) is 5.75 Å². The van der Waals surface area contributed by atoms with Crippen LogP contribution in [0, 0.1) is 17.3 Å². The molecular weight excluding hydrogens is 548 g/mol. The number of carbonyl (C=O) groups is 5. The van der Waals surface area contributed by atoms with E-state index >= 15 is 0 Å². The van der Waals surface area contributed by atoms with Gasteiger partial charge in [-0.1, -0.05) is 13.0 Å². The molecule has 0 amide bonds. The number of esters is 4. The van der Waals surface area contributed by atoms with E-state index in [2.05, 4.69) is 6.92 Å². The third-order valence-electron chi connectivity index (χ3n) is 9.49. The highest BCUT2D eigenvalue weighted by atomic mass is 16.7. The summed E-state index contributed by atoms with van der Waals surface area (Å²) in [4.78, 5) is 61.4. The molecule has 11 nitrogen and oxygen atoms in total. The van der Waals surface area contributed by atoms with Crippen LogP contribution in [0.1, 0.15) is 76.8 Å². The molecule has 228 valence electrons. The monoisotopic (exact) mass is 586 g/mol. The van der Waals surface area contributed by atoms with Crippen LogP contribution in [-0.2, 0) is 54.1 Å². The number of carbonyl (C=O) groups excluding carboxylic acids is 5. The second-order valence-corrected chi connectivity index (χ2v) is 12.0. The number of hydrogen-bond acceptors (Lipinski definition) is 11. The van der Waals surface area contributed by atoms with Crippen LogP contribution in [-0.4, -0.2) is 67.5 Å². The molecule has 1 aromatic carbocycles. The molecule has 11 heteroatoms. The first-order valence-corrected chi connectivity index (χ1v) is 14.5. The number of ether oxygens (including phenoxy) is 6. The molecule has 1 aromatic rings. The number of hydrogen-bond donors (Lipinski definition) is 0. The van der Waals surface area contributed by atoms with Gasteiger partial charge in [0.2, 0.25) is 12.4 Å². The molecule has 3 fully saturated rings. The molecule has 2 unspecified atom stereocenters. The summed E-state index contributed by atoms with van der Waals surface area (Å²) >= 11 is 0. The first-order valence-electron chi connectivity index (χ1n) is 14.5. The van der Waals surface area contributed by atoms with Crippen molar-refractivity contribution in [1.82, 2.24) is 0 Å². The third-order valence-corrected chi connectivity index (χ3v) is 9.49. The fourth-order valence-electron chi connectivity index (χ4n) is 7.71. The zero-order valence-corrected chi connectivity index (χ0v) is 24.6. The summed E-state index contributed by atoms with van der Waals surface area (Å²) in [6.07, 6.45) is -1.87. The Hall–Kier alpha value is -3.47. The van der Waals surface area contributed by atoms with Crippen LogP contribution < -0.4 is 4.74 Å². The minimum atomic E-state index is -1.52. The standard InChI is InChI=1S/C31H38O11/c1-15(32)38-25-26(39-16(2)33)28(40-17(3)34)30(42-27(25)29(36)37-5)41-19-7-9-20-18(14-19)6-8-22-21(20)12-13-31(4)23(22)10-11-24(31)35/h7,9,14,21-23,25-28,30H,6,8,10-13H2,1-5H3/t21-,22-,23+,25+,26?,27+,28?,30-,31+/m1/s1. The van der Waals surface area contributed by atoms with Gasteiger partial charge >= 0.3 is 23.9 Å². The second-order valence-electron chi connectivity index (χ2n) is 12.0. The first kappa shape index (κ1) is 30.0. The quantitative estimate of drug-likeness (QED) is 0.358. The van der Waals surface area contributed by atoms with Gasteiger partial charge in [-0.2, -0.15) is 0 Å². The number of ketones is 1. The molecule has 0 N–H and O–H groups in total. The predicted octanol–water partition coefficient (Wildman–Crippen LogP) is 3.18. The molecule has 0 bridgehead atoms. The number of methoxy groups -OCH3 is 1. The Morgan fingerprint density at radius 1 is 0.881 bits per heavy atom. The van der Waals surface area contributed by atoms with Crippen LogP contribution >= 0.6 is 0 Å². The Morgan fingerprint density at radius 2 is 1.55 bits per heavy atom. The number of benzene rings is 1. The predicted molar refractivity (Wildman–Crippen MR) is 144 cm³/mol. The highest BCUT2D eigenvalue weighted by Crippen LogP contribution is 2.59. The van der Waals surface area contributed by atoms with Crippen molar-refractivity contribution in [2.75, 3.05) is 7.11 Å². The van der Waals surface area contributed by atoms with Gasteiger partial charge in [-0.25, -0.2) is 4.79 Å². The molecule has 4 aliphatic rings. The molecule has 5 rings (SSSR count). The fraction of sp³-hybridized carbons (Fsp3) is 0.645. The Morgan fingerprint density at radius 3 is 2.21 bits per heavy atom. The van der Waals surface area contributed by atoms with Crippen molar-refractivity contribution in [2.24, 2.45) is 17.3 Å². The van der Waals surface area contributed by atoms with Crippen molar-refractivity contribution in [2.45, 2.75) is 103 Å². The maximum atomic E-state index is 12.7. The second kappa shape index (κ2) is 11.7. The van der Waals surface area contributed by atoms with E-state index in [4.69, 9.17) is 28.4 Å². The van der Waals surface area contributed by atoms with Crippen LogP contribution in [0.5, 0.6) is 5.75 Å². The van der Waals surface area contributed by atoms with E-state index in [0.29, 0.717) is 35.7 Å². The van der Waals surface area contributed by atoms with Crippen molar-refractivity contribution >= 4 is 29.7 Å². The van der Waals surface area contributed by atoms with Crippen molar-refractivity contribution in [3.63, 3.8) is 0 Å². The number of Topliss-reactive ketones (excluding diaryl/α,β-unsaturated/α-hetero) is 1. The van der Waals surface area contributed by atoms with Gasteiger partial charge in [0.15, 0.2) is 18.3 Å². The van der Waals surface area contributed by atoms with Gasteiger partial charge < -0.3 is 28.4 Å². The summed E-state index contributed by atoms with van der Waals surface area (Å²) < 4.78 is 33.1. The van der Waals surface area contributed by atoms with E-state index in [0.717, 1.165) is 65.5 Å². The molecule has 3 aliphatic carbocycles. The van der Waals surface area contributed by atoms with Crippen LogP contribution in [0.3, 0.4) is 0 Å². The van der Waals surface area contributed by atoms with E-state index in [1.54, 1.807) is 6.07 Å². The van der Waals surface area contributed by atoms with Crippen molar-refractivity contribution < 1.29 is 52.4 Å². The lowest BCUT2D eigenvalue weighted by molar-refractivity contribution is -0.282. The van der Waals surface area contributed by atoms with Crippen molar-refractivity contribution in [1.29, 1.82) is 0 Å². The molecule has 0 spiro atoms. The molecule has 1 saturated heterocycles. The Kier molecular flexibility index (Phi) is 8.33. The maximum Gasteiger partial charge on any atom is 0.339 e. The van der Waals surface area contributed by atoms with E-state index in [1.807, 2.05) is 12.1 Å². The normalized spacial score (nSPS) is 35.1. The molecule has 1 heterocycles. The van der Waals surface area contributed by atoms with Gasteiger partial charge in [0.1, 0.15) is 11.5 Å². The molecule has 42 heavy (non-hydrogen) atoms.